The van der Waals surface area contributed by atoms with E-state index in [1.807, 2.05) is 18.2 Å². The normalized spacial score (nSPS) is 15.3. The second kappa shape index (κ2) is 9.65. The molecule has 0 N–H and O–H groups in total. The van der Waals surface area contributed by atoms with Gasteiger partial charge >= 0.3 is 0 Å². The summed E-state index contributed by atoms with van der Waals surface area (Å²) in [7, 11) is 1.67. The van der Waals surface area contributed by atoms with Gasteiger partial charge in [0, 0.05) is 24.1 Å². The first kappa shape index (κ1) is 21.7. The lowest BCUT2D eigenvalue weighted by atomic mass is 10.1. The average molecular weight is 448 g/mol. The van der Waals surface area contributed by atoms with Crippen LogP contribution in [0.4, 0.5) is 0 Å². The van der Waals surface area contributed by atoms with Crippen LogP contribution in [0, 0.1) is 13.8 Å². The lowest BCUT2D eigenvalue weighted by Crippen LogP contribution is -2.22. The van der Waals surface area contributed by atoms with Gasteiger partial charge in [-0.3, -0.25) is 9.69 Å². The van der Waals surface area contributed by atoms with Crippen LogP contribution in [0.15, 0.2) is 41.3 Å². The first-order valence-electron chi connectivity index (χ1n) is 9.18. The minimum absolute atomic E-state index is 0.118. The van der Waals surface area contributed by atoms with E-state index in [0.29, 0.717) is 33.2 Å². The zero-order chi connectivity index (χ0) is 21.0. The van der Waals surface area contributed by atoms with E-state index >= 15 is 0 Å². The molecule has 1 heterocycles. The maximum atomic E-state index is 12.3. The zero-order valence-electron chi connectivity index (χ0n) is 16.5. The maximum absolute atomic E-state index is 12.3. The predicted molar refractivity (Wildman–Crippen MR) is 124 cm³/mol. The highest BCUT2D eigenvalue weighted by atomic mass is 35.5. The summed E-state index contributed by atoms with van der Waals surface area (Å²) in [5.41, 5.74) is 3.11. The molecule has 29 heavy (non-hydrogen) atoms. The van der Waals surface area contributed by atoms with Crippen molar-refractivity contribution in [2.24, 2.45) is 0 Å². The van der Waals surface area contributed by atoms with E-state index in [4.69, 9.17) is 33.3 Å². The number of hydrogen-bond acceptors (Lipinski definition) is 5. The minimum Gasteiger partial charge on any atom is -0.493 e. The summed E-state index contributed by atoms with van der Waals surface area (Å²) in [4.78, 5) is 14.3. The molecule has 2 aromatic rings. The van der Waals surface area contributed by atoms with Crippen LogP contribution in [-0.2, 0) is 4.79 Å². The molecular formula is C22H22ClNO3S2. The predicted octanol–water partition coefficient (Wildman–Crippen LogP) is 5.64. The van der Waals surface area contributed by atoms with Crippen molar-refractivity contribution < 1.29 is 14.3 Å². The SMILES string of the molecule is Cc1cc(C)cc(OCCCOc2ccc(Cl)cc2/C=C2\SC(=S)N(C)C2=O)c1. The Balaban J connectivity index is 1.60. The smallest absolute Gasteiger partial charge is 0.265 e. The molecule has 1 amide bonds. The molecule has 0 unspecified atom stereocenters. The van der Waals surface area contributed by atoms with Crippen LogP contribution in [-0.4, -0.2) is 35.4 Å². The number of rotatable bonds is 7. The molecule has 1 aliphatic heterocycles. The van der Waals surface area contributed by atoms with Gasteiger partial charge in [-0.15, -0.1) is 0 Å². The minimum atomic E-state index is -0.118. The van der Waals surface area contributed by atoms with Crippen LogP contribution < -0.4 is 9.47 Å². The number of carbonyl (C=O) groups excluding carboxylic acids is 1. The number of amides is 1. The molecule has 3 rings (SSSR count). The molecule has 0 aromatic heterocycles. The lowest BCUT2D eigenvalue weighted by molar-refractivity contribution is -0.121. The largest absolute Gasteiger partial charge is 0.493 e. The highest BCUT2D eigenvalue weighted by Crippen LogP contribution is 2.34. The molecule has 0 bridgehead atoms. The van der Waals surface area contributed by atoms with Crippen molar-refractivity contribution in [3.63, 3.8) is 0 Å². The third kappa shape index (κ3) is 5.75. The van der Waals surface area contributed by atoms with Crippen molar-refractivity contribution in [1.82, 2.24) is 4.90 Å². The number of halogens is 1. The van der Waals surface area contributed by atoms with Crippen molar-refractivity contribution in [2.45, 2.75) is 20.3 Å². The third-order valence-electron chi connectivity index (χ3n) is 4.26. The van der Waals surface area contributed by atoms with Crippen LogP contribution in [0.2, 0.25) is 5.02 Å². The number of thioether (sulfide) groups is 1. The number of benzene rings is 2. The van der Waals surface area contributed by atoms with Gasteiger partial charge in [0.05, 0.1) is 18.1 Å². The first-order chi connectivity index (χ1) is 13.8. The van der Waals surface area contributed by atoms with E-state index in [1.165, 1.54) is 27.8 Å². The number of aryl methyl sites for hydroxylation is 2. The Bertz CT molecular complexity index is 954. The molecule has 2 aromatic carbocycles. The topological polar surface area (TPSA) is 38.8 Å². The van der Waals surface area contributed by atoms with E-state index in [9.17, 15) is 4.79 Å². The van der Waals surface area contributed by atoms with E-state index in [2.05, 4.69) is 19.9 Å². The Morgan fingerprint density at radius 1 is 1.10 bits per heavy atom. The number of hydrogen-bond donors (Lipinski definition) is 0. The quantitative estimate of drug-likeness (QED) is 0.312. The molecular weight excluding hydrogens is 426 g/mol. The van der Waals surface area contributed by atoms with Crippen LogP contribution in [0.5, 0.6) is 11.5 Å². The summed E-state index contributed by atoms with van der Waals surface area (Å²) in [5.74, 6) is 1.42. The fourth-order valence-electron chi connectivity index (χ4n) is 2.90. The monoisotopic (exact) mass is 447 g/mol. The average Bonchev–Trinajstić information content (AvgIpc) is 2.89. The third-order valence-corrected chi connectivity index (χ3v) is 5.97. The Morgan fingerprint density at radius 3 is 2.45 bits per heavy atom. The van der Waals surface area contributed by atoms with Gasteiger partial charge in [0.2, 0.25) is 0 Å². The molecule has 1 aliphatic rings. The van der Waals surface area contributed by atoms with Gasteiger partial charge in [-0.05, 0) is 61.4 Å². The zero-order valence-corrected chi connectivity index (χ0v) is 18.9. The van der Waals surface area contributed by atoms with Gasteiger partial charge in [-0.25, -0.2) is 0 Å². The second-order valence-corrected chi connectivity index (χ2v) is 8.91. The Labute approximate surface area is 185 Å². The molecule has 152 valence electrons. The second-order valence-electron chi connectivity index (χ2n) is 6.80. The Hall–Kier alpha value is -2.02. The van der Waals surface area contributed by atoms with Crippen molar-refractivity contribution in [2.75, 3.05) is 20.3 Å². The first-order valence-corrected chi connectivity index (χ1v) is 10.8. The van der Waals surface area contributed by atoms with Gasteiger partial charge in [0.25, 0.3) is 5.91 Å². The number of likely N-dealkylation sites (N-methyl/N-ethyl adjacent to an activating group) is 1. The van der Waals surface area contributed by atoms with E-state index < -0.39 is 0 Å². The molecule has 0 radical (unpaired) electrons. The molecule has 0 aliphatic carbocycles. The number of carbonyl (C=O) groups is 1. The molecule has 0 saturated carbocycles. The highest BCUT2D eigenvalue weighted by molar-refractivity contribution is 8.26. The number of nitrogens with zero attached hydrogens (tertiary/aromatic N) is 1. The molecule has 7 heteroatoms. The van der Waals surface area contributed by atoms with Gasteiger partial charge < -0.3 is 9.47 Å². The van der Waals surface area contributed by atoms with Crippen LogP contribution >= 0.6 is 35.6 Å². The van der Waals surface area contributed by atoms with Gasteiger partial charge in [0.1, 0.15) is 15.8 Å². The Morgan fingerprint density at radius 2 is 1.79 bits per heavy atom. The van der Waals surface area contributed by atoms with Crippen LogP contribution in [0.1, 0.15) is 23.1 Å². The van der Waals surface area contributed by atoms with Crippen molar-refractivity contribution in [3.8, 4) is 11.5 Å². The molecule has 1 fully saturated rings. The van der Waals surface area contributed by atoms with Crippen molar-refractivity contribution >= 4 is 51.9 Å². The summed E-state index contributed by atoms with van der Waals surface area (Å²) in [6, 6.07) is 11.5. The van der Waals surface area contributed by atoms with Gasteiger partial charge in [-0.2, -0.15) is 0 Å². The molecule has 0 atom stereocenters. The molecule has 1 saturated heterocycles. The van der Waals surface area contributed by atoms with Crippen molar-refractivity contribution in [1.29, 1.82) is 0 Å². The highest BCUT2D eigenvalue weighted by Gasteiger charge is 2.29. The summed E-state index contributed by atoms with van der Waals surface area (Å²) < 4.78 is 12.3. The summed E-state index contributed by atoms with van der Waals surface area (Å²) in [5, 5.41) is 0.578. The van der Waals surface area contributed by atoms with E-state index in [1.54, 1.807) is 25.3 Å². The maximum Gasteiger partial charge on any atom is 0.265 e. The van der Waals surface area contributed by atoms with Crippen molar-refractivity contribution in [3.05, 3.63) is 63.0 Å². The summed E-state index contributed by atoms with van der Waals surface area (Å²) in [6.45, 7) is 5.15. The van der Waals surface area contributed by atoms with Gasteiger partial charge in [-0.1, -0.05) is 41.6 Å². The molecule has 4 nitrogen and oxygen atoms in total. The number of ether oxygens (including phenoxy) is 2. The van der Waals surface area contributed by atoms with E-state index in [-0.39, 0.29) is 5.91 Å². The lowest BCUT2D eigenvalue weighted by Gasteiger charge is -2.11. The van der Waals surface area contributed by atoms with Crippen LogP contribution in [0.3, 0.4) is 0 Å². The Kier molecular flexibility index (Phi) is 7.22. The van der Waals surface area contributed by atoms with Crippen LogP contribution in [0.25, 0.3) is 6.08 Å². The standard InChI is InChI=1S/C22H22ClNO3S2/c1-14-9-15(2)11-18(10-14)26-7-4-8-27-19-6-5-17(23)12-16(19)13-20-21(25)24(3)22(28)29-20/h5-6,9-13H,4,7-8H2,1-3H3/b20-13-. The van der Waals surface area contributed by atoms with E-state index in [0.717, 1.165) is 17.7 Å². The summed E-state index contributed by atoms with van der Waals surface area (Å²) in [6.07, 6.45) is 2.50. The number of thiocarbonyl (C=S) groups is 1. The fourth-order valence-corrected chi connectivity index (χ4v) is 4.25. The summed E-state index contributed by atoms with van der Waals surface area (Å²) >= 11 is 12.6. The fraction of sp³-hybridized carbons (Fsp3) is 0.273. The van der Waals surface area contributed by atoms with Gasteiger partial charge in [0.15, 0.2) is 0 Å². The molecule has 0 spiro atoms.